The lowest BCUT2D eigenvalue weighted by Gasteiger charge is -2.52. The maximum atomic E-state index is 6.30. The van der Waals surface area contributed by atoms with Crippen LogP contribution in [0.3, 0.4) is 0 Å². The van der Waals surface area contributed by atoms with Crippen molar-refractivity contribution in [3.05, 3.63) is 0 Å². The molecule has 1 saturated heterocycles. The lowest BCUT2D eigenvalue weighted by atomic mass is 9.72. The lowest BCUT2D eigenvalue weighted by Crippen LogP contribution is -2.60. The van der Waals surface area contributed by atoms with Crippen molar-refractivity contribution >= 4 is 11.8 Å². The largest absolute Gasteiger partial charge is 0.329 e. The molecule has 0 radical (unpaired) electrons. The number of nitrogens with zero attached hydrogens (tertiary/aromatic N) is 1. The first-order valence-corrected chi connectivity index (χ1v) is 9.50. The minimum Gasteiger partial charge on any atom is -0.329 e. The minimum absolute atomic E-state index is 0.307. The van der Waals surface area contributed by atoms with Crippen LogP contribution in [0.5, 0.6) is 0 Å². The summed E-state index contributed by atoms with van der Waals surface area (Å²) in [6, 6.07) is 0. The van der Waals surface area contributed by atoms with Crippen molar-refractivity contribution in [2.24, 2.45) is 17.6 Å². The molecule has 0 amide bonds. The van der Waals surface area contributed by atoms with E-state index in [9.17, 15) is 0 Å². The van der Waals surface area contributed by atoms with Gasteiger partial charge in [-0.2, -0.15) is 11.8 Å². The standard InChI is InChI=1S/C17H34N2S/c1-13(2)8-16-6-5-7-17(9-16,12-18)19-10-14(3)20-15(4)11-19/h13-16H,5-12,18H2,1-4H3. The molecule has 2 rings (SSSR count). The van der Waals surface area contributed by atoms with Gasteiger partial charge in [0.1, 0.15) is 0 Å². The Morgan fingerprint density at radius 1 is 1.25 bits per heavy atom. The van der Waals surface area contributed by atoms with Crippen molar-refractivity contribution in [2.45, 2.75) is 75.8 Å². The molecule has 1 saturated carbocycles. The Balaban J connectivity index is 2.07. The summed E-state index contributed by atoms with van der Waals surface area (Å²) in [7, 11) is 0. The van der Waals surface area contributed by atoms with Crippen LogP contribution in [0, 0.1) is 11.8 Å². The summed E-state index contributed by atoms with van der Waals surface area (Å²) in [5.74, 6) is 1.72. The summed E-state index contributed by atoms with van der Waals surface area (Å²) in [4.78, 5) is 2.77. The molecule has 1 aliphatic heterocycles. The van der Waals surface area contributed by atoms with Gasteiger partial charge in [0.2, 0.25) is 0 Å². The van der Waals surface area contributed by atoms with Crippen LogP contribution < -0.4 is 5.73 Å². The third-order valence-corrected chi connectivity index (χ3v) is 6.43. The predicted molar refractivity (Wildman–Crippen MR) is 91.3 cm³/mol. The molecule has 0 aromatic rings. The van der Waals surface area contributed by atoms with E-state index in [1.807, 2.05) is 0 Å². The molecule has 0 bridgehead atoms. The van der Waals surface area contributed by atoms with E-state index in [1.54, 1.807) is 0 Å². The van der Waals surface area contributed by atoms with Crippen molar-refractivity contribution in [3.63, 3.8) is 0 Å². The van der Waals surface area contributed by atoms with Crippen LogP contribution >= 0.6 is 11.8 Å². The third-order valence-electron chi connectivity index (χ3n) is 5.20. The minimum atomic E-state index is 0.307. The number of hydrogen-bond donors (Lipinski definition) is 1. The van der Waals surface area contributed by atoms with E-state index in [1.165, 1.54) is 45.2 Å². The maximum absolute atomic E-state index is 6.30. The summed E-state index contributed by atoms with van der Waals surface area (Å²) in [6.45, 7) is 12.8. The van der Waals surface area contributed by atoms with E-state index in [4.69, 9.17) is 5.73 Å². The molecule has 2 aliphatic rings. The zero-order valence-corrected chi connectivity index (χ0v) is 14.7. The Bertz CT molecular complexity index is 297. The molecule has 3 heteroatoms. The summed E-state index contributed by atoms with van der Waals surface area (Å²) in [6.07, 6.45) is 6.85. The van der Waals surface area contributed by atoms with E-state index >= 15 is 0 Å². The lowest BCUT2D eigenvalue weighted by molar-refractivity contribution is 0.0300. The SMILES string of the molecule is CC(C)CC1CCCC(CN)(N2CC(C)SC(C)C2)C1. The first-order valence-electron chi connectivity index (χ1n) is 8.56. The van der Waals surface area contributed by atoms with E-state index in [0.717, 1.165) is 28.9 Å². The van der Waals surface area contributed by atoms with Gasteiger partial charge in [-0.05, 0) is 31.1 Å². The zero-order valence-electron chi connectivity index (χ0n) is 13.9. The van der Waals surface area contributed by atoms with Crippen molar-refractivity contribution in [1.29, 1.82) is 0 Å². The van der Waals surface area contributed by atoms with Gasteiger partial charge in [0.25, 0.3) is 0 Å². The Hall–Kier alpha value is 0.270. The summed E-state index contributed by atoms with van der Waals surface area (Å²) in [5, 5.41) is 1.51. The molecule has 4 unspecified atom stereocenters. The van der Waals surface area contributed by atoms with Crippen molar-refractivity contribution in [3.8, 4) is 0 Å². The van der Waals surface area contributed by atoms with E-state index < -0.39 is 0 Å². The molecule has 118 valence electrons. The van der Waals surface area contributed by atoms with Crippen LogP contribution in [-0.4, -0.2) is 40.6 Å². The molecule has 2 fully saturated rings. The van der Waals surface area contributed by atoms with Crippen LogP contribution in [0.4, 0.5) is 0 Å². The number of hydrogen-bond acceptors (Lipinski definition) is 3. The van der Waals surface area contributed by atoms with Gasteiger partial charge in [-0.15, -0.1) is 0 Å². The summed E-state index contributed by atoms with van der Waals surface area (Å²) < 4.78 is 0. The first kappa shape index (κ1) is 16.6. The maximum Gasteiger partial charge on any atom is 0.0335 e. The smallest absolute Gasteiger partial charge is 0.0335 e. The first-order chi connectivity index (χ1) is 9.45. The normalized spacial score (nSPS) is 40.2. The van der Waals surface area contributed by atoms with E-state index in [-0.39, 0.29) is 0 Å². The highest BCUT2D eigenvalue weighted by atomic mass is 32.2. The molecular weight excluding hydrogens is 264 g/mol. The van der Waals surface area contributed by atoms with Gasteiger partial charge in [-0.1, -0.05) is 40.5 Å². The van der Waals surface area contributed by atoms with Crippen molar-refractivity contribution < 1.29 is 0 Å². The Morgan fingerprint density at radius 2 is 1.90 bits per heavy atom. The van der Waals surface area contributed by atoms with Gasteiger partial charge in [0.05, 0.1) is 0 Å². The van der Waals surface area contributed by atoms with Gasteiger partial charge in [-0.3, -0.25) is 4.90 Å². The molecule has 2 nitrogen and oxygen atoms in total. The van der Waals surface area contributed by atoms with Crippen molar-refractivity contribution in [1.82, 2.24) is 4.90 Å². The summed E-state index contributed by atoms with van der Waals surface area (Å²) in [5.41, 5.74) is 6.61. The Morgan fingerprint density at radius 3 is 2.45 bits per heavy atom. The Labute approximate surface area is 130 Å². The number of thioether (sulfide) groups is 1. The Kier molecular flexibility index (Phi) is 5.84. The second-order valence-corrected chi connectivity index (χ2v) is 9.56. The van der Waals surface area contributed by atoms with Crippen molar-refractivity contribution in [2.75, 3.05) is 19.6 Å². The molecule has 20 heavy (non-hydrogen) atoms. The summed E-state index contributed by atoms with van der Waals surface area (Å²) >= 11 is 2.15. The second kappa shape index (κ2) is 7.02. The molecule has 1 aliphatic carbocycles. The highest BCUT2D eigenvalue weighted by Crippen LogP contribution is 2.41. The predicted octanol–water partition coefficient (Wildman–Crippen LogP) is 3.75. The fourth-order valence-electron chi connectivity index (χ4n) is 4.50. The molecule has 0 aromatic heterocycles. The third kappa shape index (κ3) is 3.92. The highest BCUT2D eigenvalue weighted by Gasteiger charge is 2.42. The molecular formula is C17H34N2S. The average Bonchev–Trinajstić information content (AvgIpc) is 2.37. The highest BCUT2D eigenvalue weighted by molar-refractivity contribution is 8.00. The fourth-order valence-corrected chi connectivity index (χ4v) is 5.82. The fraction of sp³-hybridized carbons (Fsp3) is 1.00. The van der Waals surface area contributed by atoms with Crippen LogP contribution in [0.15, 0.2) is 0 Å². The van der Waals surface area contributed by atoms with Gasteiger partial charge < -0.3 is 5.73 Å². The molecule has 4 atom stereocenters. The van der Waals surface area contributed by atoms with Gasteiger partial charge in [0.15, 0.2) is 0 Å². The molecule has 2 N–H and O–H groups in total. The number of rotatable bonds is 4. The second-order valence-electron chi connectivity index (χ2n) is 7.68. The van der Waals surface area contributed by atoms with Gasteiger partial charge in [0, 0.05) is 35.7 Å². The van der Waals surface area contributed by atoms with Gasteiger partial charge in [-0.25, -0.2) is 0 Å². The quantitative estimate of drug-likeness (QED) is 0.857. The van der Waals surface area contributed by atoms with Crippen LogP contribution in [0.25, 0.3) is 0 Å². The number of nitrogens with two attached hydrogens (primary N) is 1. The molecule has 0 aromatic carbocycles. The zero-order chi connectivity index (χ0) is 14.8. The van der Waals surface area contributed by atoms with Crippen LogP contribution in [0.1, 0.15) is 59.8 Å². The van der Waals surface area contributed by atoms with Gasteiger partial charge >= 0.3 is 0 Å². The van der Waals surface area contributed by atoms with E-state index in [0.29, 0.717) is 5.54 Å². The molecule has 0 spiro atoms. The monoisotopic (exact) mass is 298 g/mol. The van der Waals surface area contributed by atoms with Crippen LogP contribution in [0.2, 0.25) is 0 Å². The van der Waals surface area contributed by atoms with E-state index in [2.05, 4.69) is 44.4 Å². The topological polar surface area (TPSA) is 29.3 Å². The molecule has 1 heterocycles. The average molecular weight is 299 g/mol. The van der Waals surface area contributed by atoms with Crippen LogP contribution in [-0.2, 0) is 0 Å².